The molecule has 4 heteroatoms. The van der Waals surface area contributed by atoms with E-state index in [1.165, 1.54) is 5.56 Å². The lowest BCUT2D eigenvalue weighted by Gasteiger charge is -2.23. The second kappa shape index (κ2) is 8.06. The molecule has 0 aliphatic rings. The predicted octanol–water partition coefficient (Wildman–Crippen LogP) is 4.80. The third-order valence-corrected chi connectivity index (χ3v) is 3.96. The summed E-state index contributed by atoms with van der Waals surface area (Å²) in [5.74, 6) is 0.853. The number of aryl methyl sites for hydroxylation is 2. The fourth-order valence-corrected chi connectivity index (χ4v) is 2.70. The van der Waals surface area contributed by atoms with E-state index in [1.54, 1.807) is 0 Å². The van der Waals surface area contributed by atoms with E-state index in [4.69, 9.17) is 4.74 Å². The van der Waals surface area contributed by atoms with Gasteiger partial charge < -0.3 is 15.4 Å². The molecule has 134 valence electrons. The topological polar surface area (TPSA) is 50.4 Å². The van der Waals surface area contributed by atoms with Crippen molar-refractivity contribution in [1.29, 1.82) is 0 Å². The van der Waals surface area contributed by atoms with E-state index in [0.29, 0.717) is 13.2 Å². The van der Waals surface area contributed by atoms with Crippen LogP contribution in [0.5, 0.6) is 5.75 Å². The average molecular weight is 340 g/mol. The van der Waals surface area contributed by atoms with Crippen molar-refractivity contribution < 1.29 is 9.53 Å². The van der Waals surface area contributed by atoms with Crippen LogP contribution in [0.25, 0.3) is 0 Å². The highest BCUT2D eigenvalue weighted by Gasteiger charge is 2.18. The molecule has 2 rings (SSSR count). The lowest BCUT2D eigenvalue weighted by Crippen LogP contribution is -2.33. The average Bonchev–Trinajstić information content (AvgIpc) is 2.52. The number of amides is 2. The summed E-state index contributed by atoms with van der Waals surface area (Å²) in [6, 6.07) is 13.7. The van der Waals surface area contributed by atoms with Crippen molar-refractivity contribution in [3.63, 3.8) is 0 Å². The first-order valence-corrected chi connectivity index (χ1v) is 8.62. The van der Waals surface area contributed by atoms with Crippen molar-refractivity contribution in [1.82, 2.24) is 5.32 Å². The van der Waals surface area contributed by atoms with E-state index in [9.17, 15) is 4.79 Å². The number of carbonyl (C=O) groups is 1. The molecule has 0 radical (unpaired) electrons. The number of carbonyl (C=O) groups excluding carboxylic acids is 1. The van der Waals surface area contributed by atoms with Gasteiger partial charge in [0.05, 0.1) is 6.54 Å². The molecule has 2 N–H and O–H groups in total. The summed E-state index contributed by atoms with van der Waals surface area (Å²) >= 11 is 0. The number of rotatable bonds is 5. The van der Waals surface area contributed by atoms with Gasteiger partial charge in [-0.05, 0) is 42.5 Å². The van der Waals surface area contributed by atoms with Crippen LogP contribution in [0.3, 0.4) is 0 Å². The van der Waals surface area contributed by atoms with E-state index in [0.717, 1.165) is 22.6 Å². The molecule has 25 heavy (non-hydrogen) atoms. The molecule has 2 aromatic carbocycles. The monoisotopic (exact) mass is 340 g/mol. The Morgan fingerprint density at radius 1 is 1.08 bits per heavy atom. The Morgan fingerprint density at radius 2 is 1.80 bits per heavy atom. The van der Waals surface area contributed by atoms with Crippen LogP contribution >= 0.6 is 0 Å². The second-order valence-electron chi connectivity index (χ2n) is 7.29. The molecule has 0 atom stereocenters. The van der Waals surface area contributed by atoms with Gasteiger partial charge >= 0.3 is 6.03 Å². The quantitative estimate of drug-likeness (QED) is 0.768. The number of ether oxygens (including phenoxy) is 1. The van der Waals surface area contributed by atoms with Gasteiger partial charge in [-0.3, -0.25) is 0 Å². The maximum atomic E-state index is 12.1. The van der Waals surface area contributed by atoms with E-state index in [2.05, 4.69) is 44.4 Å². The van der Waals surface area contributed by atoms with Crippen molar-refractivity contribution in [2.45, 2.75) is 40.0 Å². The van der Waals surface area contributed by atoms with Gasteiger partial charge in [-0.25, -0.2) is 4.79 Å². The van der Waals surface area contributed by atoms with Crippen LogP contribution in [-0.4, -0.2) is 19.2 Å². The van der Waals surface area contributed by atoms with Crippen molar-refractivity contribution in [3.05, 3.63) is 59.2 Å². The molecule has 0 unspecified atom stereocenters. The summed E-state index contributed by atoms with van der Waals surface area (Å²) in [7, 11) is 0. The van der Waals surface area contributed by atoms with Gasteiger partial charge in [0.2, 0.25) is 0 Å². The van der Waals surface area contributed by atoms with Crippen molar-refractivity contribution in [2.24, 2.45) is 0 Å². The first-order valence-electron chi connectivity index (χ1n) is 8.62. The molecule has 0 saturated heterocycles. The lowest BCUT2D eigenvalue weighted by atomic mass is 9.86. The minimum absolute atomic E-state index is 0.0318. The summed E-state index contributed by atoms with van der Waals surface area (Å²) in [5, 5.41) is 5.76. The first-order chi connectivity index (χ1) is 11.8. The number of hydrogen-bond donors (Lipinski definition) is 2. The summed E-state index contributed by atoms with van der Waals surface area (Å²) < 4.78 is 5.73. The zero-order valence-corrected chi connectivity index (χ0v) is 15.8. The molecule has 0 bridgehead atoms. The molecular formula is C21H28N2O2. The zero-order valence-electron chi connectivity index (χ0n) is 15.8. The van der Waals surface area contributed by atoms with Crippen LogP contribution in [0.15, 0.2) is 42.5 Å². The molecule has 0 spiro atoms. The molecule has 0 aliphatic carbocycles. The van der Waals surface area contributed by atoms with Gasteiger partial charge in [0.1, 0.15) is 12.4 Å². The standard InChI is InChI=1S/C21H28N2O2/c1-15-10-11-19(16(2)14-15)25-13-12-22-20(24)23-18-9-7-6-8-17(18)21(3,4)5/h6-11,14H,12-13H2,1-5H3,(H2,22,23,24). The largest absolute Gasteiger partial charge is 0.491 e. The Morgan fingerprint density at radius 3 is 2.48 bits per heavy atom. The normalized spacial score (nSPS) is 11.1. The minimum Gasteiger partial charge on any atom is -0.491 e. The van der Waals surface area contributed by atoms with E-state index in [-0.39, 0.29) is 11.4 Å². The summed E-state index contributed by atoms with van der Waals surface area (Å²) in [6.07, 6.45) is 0. The van der Waals surface area contributed by atoms with Gasteiger partial charge in [-0.2, -0.15) is 0 Å². The van der Waals surface area contributed by atoms with Gasteiger partial charge in [-0.1, -0.05) is 56.7 Å². The Balaban J connectivity index is 1.84. The van der Waals surface area contributed by atoms with Gasteiger partial charge in [0.15, 0.2) is 0 Å². The van der Waals surface area contributed by atoms with Gasteiger partial charge in [-0.15, -0.1) is 0 Å². The van der Waals surface area contributed by atoms with Crippen LogP contribution in [0.4, 0.5) is 10.5 Å². The number of benzene rings is 2. The van der Waals surface area contributed by atoms with Gasteiger partial charge in [0, 0.05) is 5.69 Å². The fourth-order valence-electron chi connectivity index (χ4n) is 2.70. The second-order valence-corrected chi connectivity index (χ2v) is 7.29. The van der Waals surface area contributed by atoms with Crippen molar-refractivity contribution >= 4 is 11.7 Å². The summed E-state index contributed by atoms with van der Waals surface area (Å²) in [6.45, 7) is 11.3. The van der Waals surface area contributed by atoms with E-state index in [1.807, 2.05) is 43.3 Å². The highest BCUT2D eigenvalue weighted by atomic mass is 16.5. The molecule has 2 amide bonds. The van der Waals surface area contributed by atoms with Crippen LogP contribution in [0.1, 0.15) is 37.5 Å². The smallest absolute Gasteiger partial charge is 0.319 e. The fraction of sp³-hybridized carbons (Fsp3) is 0.381. The SMILES string of the molecule is Cc1ccc(OCCNC(=O)Nc2ccccc2C(C)(C)C)c(C)c1. The molecule has 0 heterocycles. The minimum atomic E-state index is -0.221. The Hall–Kier alpha value is -2.49. The van der Waals surface area contributed by atoms with Crippen LogP contribution < -0.4 is 15.4 Å². The Kier molecular flexibility index (Phi) is 6.07. The zero-order chi connectivity index (χ0) is 18.4. The molecule has 0 aromatic heterocycles. The lowest BCUT2D eigenvalue weighted by molar-refractivity contribution is 0.247. The number of para-hydroxylation sites is 1. The van der Waals surface area contributed by atoms with Gasteiger partial charge in [0.25, 0.3) is 0 Å². The molecule has 0 fully saturated rings. The number of urea groups is 1. The highest BCUT2D eigenvalue weighted by Crippen LogP contribution is 2.29. The Bertz CT molecular complexity index is 733. The molecule has 0 aliphatic heterocycles. The van der Waals surface area contributed by atoms with E-state index >= 15 is 0 Å². The third kappa shape index (κ3) is 5.52. The summed E-state index contributed by atoms with van der Waals surface area (Å²) in [5.41, 5.74) is 4.22. The molecule has 0 saturated carbocycles. The highest BCUT2D eigenvalue weighted by molar-refractivity contribution is 5.90. The molecule has 4 nitrogen and oxygen atoms in total. The maximum Gasteiger partial charge on any atom is 0.319 e. The molecular weight excluding hydrogens is 312 g/mol. The number of nitrogens with one attached hydrogen (secondary N) is 2. The number of hydrogen-bond acceptors (Lipinski definition) is 2. The Labute approximate surface area is 150 Å². The van der Waals surface area contributed by atoms with Crippen LogP contribution in [0, 0.1) is 13.8 Å². The number of anilines is 1. The van der Waals surface area contributed by atoms with Crippen molar-refractivity contribution in [3.8, 4) is 5.75 Å². The van der Waals surface area contributed by atoms with E-state index < -0.39 is 0 Å². The summed E-state index contributed by atoms with van der Waals surface area (Å²) in [4.78, 5) is 12.1. The van der Waals surface area contributed by atoms with Crippen LogP contribution in [0.2, 0.25) is 0 Å². The predicted molar refractivity (Wildman–Crippen MR) is 104 cm³/mol. The third-order valence-electron chi connectivity index (χ3n) is 3.96. The maximum absolute atomic E-state index is 12.1. The first kappa shape index (κ1) is 18.8. The van der Waals surface area contributed by atoms with Crippen molar-refractivity contribution in [2.75, 3.05) is 18.5 Å². The van der Waals surface area contributed by atoms with Crippen LogP contribution in [-0.2, 0) is 5.41 Å². The molecule has 2 aromatic rings.